The van der Waals surface area contributed by atoms with E-state index in [-0.39, 0.29) is 5.84 Å². The summed E-state index contributed by atoms with van der Waals surface area (Å²) < 4.78 is 0.933. The molecule has 5 heteroatoms. The number of nitrogen functional groups attached to an aromatic ring is 1. The van der Waals surface area contributed by atoms with Gasteiger partial charge in [0.2, 0.25) is 0 Å². The monoisotopic (exact) mass is 351 g/mol. The first-order chi connectivity index (χ1) is 9.99. The number of nitrogens with zero attached hydrogens (tertiary/aromatic N) is 1. The molecule has 0 radical (unpaired) electrons. The minimum Gasteiger partial charge on any atom is -0.389 e. The van der Waals surface area contributed by atoms with Gasteiger partial charge >= 0.3 is 0 Å². The summed E-state index contributed by atoms with van der Waals surface area (Å²) >= 11 is 3.44. The maximum atomic E-state index is 10.8. The van der Waals surface area contributed by atoms with Gasteiger partial charge in [0.25, 0.3) is 0 Å². The highest BCUT2D eigenvalue weighted by atomic mass is 79.9. The summed E-state index contributed by atoms with van der Waals surface area (Å²) in [5, 5.41) is 18.6. The third kappa shape index (κ3) is 2.81. The van der Waals surface area contributed by atoms with Crippen LogP contribution < -0.4 is 10.6 Å². The van der Waals surface area contributed by atoms with E-state index in [4.69, 9.17) is 11.1 Å². The maximum absolute atomic E-state index is 10.8. The molecule has 1 aliphatic carbocycles. The summed E-state index contributed by atoms with van der Waals surface area (Å²) in [6, 6.07) is 5.91. The van der Waals surface area contributed by atoms with E-state index in [2.05, 4.69) is 20.8 Å². The van der Waals surface area contributed by atoms with Crippen LogP contribution in [0.4, 0.5) is 5.69 Å². The summed E-state index contributed by atoms with van der Waals surface area (Å²) in [5.41, 5.74) is 7.04. The smallest absolute Gasteiger partial charge is 0.124 e. The number of fused-ring (bicyclic) bond motifs is 1. The fourth-order valence-corrected chi connectivity index (χ4v) is 4.15. The second-order valence-electron chi connectivity index (χ2n) is 6.32. The minimum absolute atomic E-state index is 0.0933. The van der Waals surface area contributed by atoms with E-state index in [0.29, 0.717) is 5.92 Å². The number of rotatable bonds is 2. The van der Waals surface area contributed by atoms with Gasteiger partial charge in [0.05, 0.1) is 5.60 Å². The number of anilines is 1. The van der Waals surface area contributed by atoms with Crippen LogP contribution >= 0.6 is 15.9 Å². The molecule has 1 aromatic rings. The van der Waals surface area contributed by atoms with Gasteiger partial charge in [0.15, 0.2) is 0 Å². The van der Waals surface area contributed by atoms with E-state index in [1.807, 2.05) is 18.2 Å². The van der Waals surface area contributed by atoms with E-state index in [1.165, 1.54) is 6.42 Å². The zero-order valence-electron chi connectivity index (χ0n) is 12.1. The van der Waals surface area contributed by atoms with Crippen LogP contribution in [0.5, 0.6) is 0 Å². The Kier molecular flexibility index (Phi) is 3.97. The van der Waals surface area contributed by atoms with Crippen molar-refractivity contribution >= 4 is 27.5 Å². The maximum Gasteiger partial charge on any atom is 0.124 e. The quantitative estimate of drug-likeness (QED) is 0.566. The van der Waals surface area contributed by atoms with Gasteiger partial charge in [-0.05, 0) is 37.5 Å². The lowest BCUT2D eigenvalue weighted by molar-refractivity contribution is -0.0612. The van der Waals surface area contributed by atoms with Crippen LogP contribution in [0, 0.1) is 11.3 Å². The Hall–Kier alpha value is -1.07. The van der Waals surface area contributed by atoms with E-state index in [0.717, 1.165) is 54.5 Å². The highest BCUT2D eigenvalue weighted by molar-refractivity contribution is 9.10. The van der Waals surface area contributed by atoms with Crippen molar-refractivity contribution in [3.05, 3.63) is 28.2 Å². The summed E-state index contributed by atoms with van der Waals surface area (Å²) in [5.74, 6) is 0.430. The lowest BCUT2D eigenvalue weighted by Gasteiger charge is -2.48. The molecule has 0 aromatic heterocycles. The molecule has 0 bridgehead atoms. The first-order valence-corrected chi connectivity index (χ1v) is 8.40. The number of benzene rings is 1. The van der Waals surface area contributed by atoms with Gasteiger partial charge in [-0.25, -0.2) is 0 Å². The highest BCUT2D eigenvalue weighted by Crippen LogP contribution is 2.41. The molecule has 0 amide bonds. The van der Waals surface area contributed by atoms with Crippen molar-refractivity contribution in [1.29, 1.82) is 5.41 Å². The predicted octanol–water partition coefficient (Wildman–Crippen LogP) is 2.86. The van der Waals surface area contributed by atoms with Crippen molar-refractivity contribution in [3.8, 4) is 0 Å². The molecule has 114 valence electrons. The number of hydrogen-bond acceptors (Lipinski definition) is 3. The molecular weight excluding hydrogens is 330 g/mol. The molecule has 2 unspecified atom stereocenters. The standard InChI is InChI=1S/C16H22BrN3O/c17-12-4-5-14(13(9-12)15(18)19)20-8-7-16(21)6-2-1-3-11(16)10-20/h4-5,9,11,21H,1-3,6-8,10H2,(H3,18,19). The minimum atomic E-state index is -0.472. The summed E-state index contributed by atoms with van der Waals surface area (Å²) in [7, 11) is 0. The number of aliphatic hydroxyl groups is 1. The highest BCUT2D eigenvalue weighted by Gasteiger charge is 2.43. The SMILES string of the molecule is N=C(N)c1cc(Br)ccc1N1CCC2(O)CCCCC2C1. The lowest BCUT2D eigenvalue weighted by Crippen LogP contribution is -2.53. The molecule has 1 heterocycles. The largest absolute Gasteiger partial charge is 0.389 e. The molecule has 2 atom stereocenters. The Bertz CT molecular complexity index is 562. The molecule has 1 aromatic carbocycles. The molecule has 3 rings (SSSR count). The van der Waals surface area contributed by atoms with Crippen molar-refractivity contribution in [3.63, 3.8) is 0 Å². The van der Waals surface area contributed by atoms with E-state index in [1.54, 1.807) is 0 Å². The van der Waals surface area contributed by atoms with Crippen molar-refractivity contribution in [2.45, 2.75) is 37.7 Å². The van der Waals surface area contributed by atoms with Crippen molar-refractivity contribution in [2.75, 3.05) is 18.0 Å². The Morgan fingerprint density at radius 2 is 2.19 bits per heavy atom. The molecule has 2 fully saturated rings. The van der Waals surface area contributed by atoms with Crippen LogP contribution in [0.25, 0.3) is 0 Å². The Morgan fingerprint density at radius 1 is 1.38 bits per heavy atom. The summed E-state index contributed by atoms with van der Waals surface area (Å²) in [4.78, 5) is 2.29. The average molecular weight is 352 g/mol. The normalized spacial score (nSPS) is 29.0. The van der Waals surface area contributed by atoms with Crippen molar-refractivity contribution in [1.82, 2.24) is 0 Å². The fraction of sp³-hybridized carbons (Fsp3) is 0.562. The zero-order chi connectivity index (χ0) is 15.0. The van der Waals surface area contributed by atoms with Crippen LogP contribution in [0.3, 0.4) is 0 Å². The number of halogens is 1. The van der Waals surface area contributed by atoms with Gasteiger partial charge in [-0.15, -0.1) is 0 Å². The van der Waals surface area contributed by atoms with Gasteiger partial charge in [0.1, 0.15) is 5.84 Å². The summed E-state index contributed by atoms with van der Waals surface area (Å²) in [6.45, 7) is 1.69. The zero-order valence-corrected chi connectivity index (χ0v) is 13.7. The second-order valence-corrected chi connectivity index (χ2v) is 7.23. The number of hydrogen-bond donors (Lipinski definition) is 3. The number of nitrogens with one attached hydrogen (secondary N) is 1. The van der Waals surface area contributed by atoms with Gasteiger partial charge < -0.3 is 15.7 Å². The van der Waals surface area contributed by atoms with Crippen LogP contribution in [-0.4, -0.2) is 29.6 Å². The van der Waals surface area contributed by atoms with Gasteiger partial charge in [-0.3, -0.25) is 5.41 Å². The lowest BCUT2D eigenvalue weighted by atomic mass is 9.71. The molecule has 21 heavy (non-hydrogen) atoms. The summed E-state index contributed by atoms with van der Waals surface area (Å²) in [6.07, 6.45) is 5.19. The molecule has 1 saturated carbocycles. The van der Waals surface area contributed by atoms with Crippen LogP contribution in [-0.2, 0) is 0 Å². The van der Waals surface area contributed by atoms with Crippen molar-refractivity contribution < 1.29 is 5.11 Å². The van der Waals surface area contributed by atoms with Crippen LogP contribution in [0.15, 0.2) is 22.7 Å². The number of amidine groups is 1. The van der Waals surface area contributed by atoms with Gasteiger partial charge in [0, 0.05) is 34.7 Å². The van der Waals surface area contributed by atoms with Crippen molar-refractivity contribution in [2.24, 2.45) is 11.7 Å². The van der Waals surface area contributed by atoms with Crippen LogP contribution in [0.1, 0.15) is 37.7 Å². The second kappa shape index (κ2) is 5.61. The van der Waals surface area contributed by atoms with Crippen LogP contribution in [0.2, 0.25) is 0 Å². The van der Waals surface area contributed by atoms with E-state index in [9.17, 15) is 5.11 Å². The third-order valence-electron chi connectivity index (χ3n) is 5.02. The average Bonchev–Trinajstić information content (AvgIpc) is 2.46. The third-order valence-corrected chi connectivity index (χ3v) is 5.51. The Balaban J connectivity index is 1.87. The molecule has 2 aliphatic rings. The molecule has 1 saturated heterocycles. The van der Waals surface area contributed by atoms with Gasteiger partial charge in [-0.2, -0.15) is 0 Å². The van der Waals surface area contributed by atoms with E-state index < -0.39 is 5.60 Å². The first-order valence-electron chi connectivity index (χ1n) is 7.61. The Labute approximate surface area is 134 Å². The Morgan fingerprint density at radius 3 is 2.95 bits per heavy atom. The predicted molar refractivity (Wildman–Crippen MR) is 88.9 cm³/mol. The number of piperidine rings is 1. The van der Waals surface area contributed by atoms with Gasteiger partial charge in [-0.1, -0.05) is 28.8 Å². The first kappa shape index (κ1) is 14.9. The number of nitrogens with two attached hydrogens (primary N) is 1. The molecule has 1 aliphatic heterocycles. The van der Waals surface area contributed by atoms with E-state index >= 15 is 0 Å². The molecule has 0 spiro atoms. The fourth-order valence-electron chi connectivity index (χ4n) is 3.79. The molecule has 4 nitrogen and oxygen atoms in total. The topological polar surface area (TPSA) is 73.3 Å². The molecular formula is C16H22BrN3O. The molecule has 4 N–H and O–H groups in total.